The van der Waals surface area contributed by atoms with Gasteiger partial charge in [-0.05, 0) is 12.8 Å². The second-order valence-corrected chi connectivity index (χ2v) is 14.6. The third-order valence-corrected chi connectivity index (χ3v) is 9.57. The molecule has 52 heavy (non-hydrogen) atoms. The molecule has 0 rings (SSSR count). The van der Waals surface area contributed by atoms with E-state index in [1.54, 1.807) is 0 Å². The van der Waals surface area contributed by atoms with E-state index in [0.29, 0.717) is 78.9 Å². The fourth-order valence-electron chi connectivity index (χ4n) is 6.26. The third-order valence-electron chi connectivity index (χ3n) is 9.57. The molecular formula is C44H86O8. The summed E-state index contributed by atoms with van der Waals surface area (Å²) in [6.07, 6.45) is 37.6. The summed E-state index contributed by atoms with van der Waals surface area (Å²) >= 11 is 0. The van der Waals surface area contributed by atoms with Gasteiger partial charge in [0.15, 0.2) is 0 Å². The van der Waals surface area contributed by atoms with Crippen LogP contribution in [-0.4, -0.2) is 78.0 Å². The summed E-state index contributed by atoms with van der Waals surface area (Å²) < 4.78 is 32.5. The van der Waals surface area contributed by atoms with Crippen LogP contribution in [0.4, 0.5) is 0 Å². The van der Waals surface area contributed by atoms with E-state index in [4.69, 9.17) is 28.4 Å². The monoisotopic (exact) mass is 743 g/mol. The number of carbonyl (C=O) groups is 2. The van der Waals surface area contributed by atoms with E-state index in [-0.39, 0.29) is 11.9 Å². The lowest BCUT2D eigenvalue weighted by Crippen LogP contribution is -2.15. The summed E-state index contributed by atoms with van der Waals surface area (Å²) in [6.45, 7) is 8.71. The molecule has 0 fully saturated rings. The molecular weight excluding hydrogens is 656 g/mol. The normalized spacial score (nSPS) is 11.3. The van der Waals surface area contributed by atoms with Crippen LogP contribution < -0.4 is 0 Å². The topological polar surface area (TPSA) is 89.5 Å². The Labute approximate surface area is 321 Å². The molecule has 0 saturated heterocycles. The number of hydrogen-bond acceptors (Lipinski definition) is 8. The first-order valence-corrected chi connectivity index (χ1v) is 22.3. The lowest BCUT2D eigenvalue weighted by molar-refractivity contribution is -0.146. The second kappa shape index (κ2) is 45.9. The summed E-state index contributed by atoms with van der Waals surface area (Å²) in [4.78, 5) is 23.8. The maximum absolute atomic E-state index is 11.9. The van der Waals surface area contributed by atoms with Gasteiger partial charge in [0.2, 0.25) is 0 Å². The Kier molecular flexibility index (Phi) is 44.9. The Bertz CT molecular complexity index is 704. The van der Waals surface area contributed by atoms with Crippen LogP contribution in [0.1, 0.15) is 206 Å². The van der Waals surface area contributed by atoms with Gasteiger partial charge in [0, 0.05) is 12.8 Å². The Morgan fingerprint density at radius 3 is 0.692 bits per heavy atom. The number of hydrogen-bond donors (Lipinski definition) is 0. The van der Waals surface area contributed by atoms with Crippen molar-refractivity contribution in [2.24, 2.45) is 0 Å². The first-order chi connectivity index (χ1) is 25.7. The zero-order valence-electron chi connectivity index (χ0n) is 34.6. The molecule has 0 atom stereocenters. The summed E-state index contributed by atoms with van der Waals surface area (Å²) in [5.41, 5.74) is 0. The van der Waals surface area contributed by atoms with E-state index >= 15 is 0 Å². The van der Waals surface area contributed by atoms with Crippen molar-refractivity contribution in [2.75, 3.05) is 66.1 Å². The first-order valence-electron chi connectivity index (χ1n) is 22.3. The number of carbonyl (C=O) groups excluding carboxylic acids is 2. The molecule has 0 aromatic heterocycles. The molecule has 0 aromatic carbocycles. The molecule has 310 valence electrons. The van der Waals surface area contributed by atoms with Gasteiger partial charge in [-0.1, -0.05) is 181 Å². The van der Waals surface area contributed by atoms with Crippen molar-refractivity contribution >= 4 is 11.9 Å². The molecule has 0 saturated carbocycles. The molecule has 0 bridgehead atoms. The van der Waals surface area contributed by atoms with Crippen molar-refractivity contribution in [3.63, 3.8) is 0 Å². The largest absolute Gasteiger partial charge is 0.463 e. The Balaban J connectivity index is 3.20. The zero-order chi connectivity index (χ0) is 37.7. The second-order valence-electron chi connectivity index (χ2n) is 14.6. The average Bonchev–Trinajstić information content (AvgIpc) is 3.14. The van der Waals surface area contributed by atoms with Gasteiger partial charge >= 0.3 is 11.9 Å². The van der Waals surface area contributed by atoms with Crippen molar-refractivity contribution in [3.05, 3.63) is 0 Å². The Morgan fingerprint density at radius 2 is 0.462 bits per heavy atom. The molecule has 0 radical (unpaired) electrons. The van der Waals surface area contributed by atoms with E-state index < -0.39 is 0 Å². The van der Waals surface area contributed by atoms with Gasteiger partial charge in [-0.2, -0.15) is 0 Å². The van der Waals surface area contributed by atoms with Gasteiger partial charge < -0.3 is 28.4 Å². The molecule has 0 aliphatic rings. The SMILES string of the molecule is CCCCCCCCCCCCCCCCCC(=O)OCCOCCOCCOCCOCCOC(=O)CCCCCCCCCCCCCCC. The number of ether oxygens (including phenoxy) is 6. The molecule has 0 aromatic rings. The minimum absolute atomic E-state index is 0.128. The lowest BCUT2D eigenvalue weighted by Gasteiger charge is -2.08. The van der Waals surface area contributed by atoms with Crippen LogP contribution in [0.5, 0.6) is 0 Å². The maximum Gasteiger partial charge on any atom is 0.305 e. The van der Waals surface area contributed by atoms with Crippen molar-refractivity contribution in [1.29, 1.82) is 0 Å². The standard InChI is InChI=1S/C44H86O8/c1-3-5-7-9-11-13-15-17-18-20-22-24-26-28-30-32-44(46)52-42-40-50-38-36-48-34-33-47-35-37-49-39-41-51-43(45)31-29-27-25-23-21-19-16-14-12-10-8-6-4-2/h3-42H2,1-2H3. The quantitative estimate of drug-likeness (QED) is 0.0450. The highest BCUT2D eigenvalue weighted by molar-refractivity contribution is 5.69. The van der Waals surface area contributed by atoms with Crippen molar-refractivity contribution < 1.29 is 38.0 Å². The Morgan fingerprint density at radius 1 is 0.269 bits per heavy atom. The molecule has 0 N–H and O–H groups in total. The maximum atomic E-state index is 11.9. The molecule has 0 heterocycles. The highest BCUT2D eigenvalue weighted by atomic mass is 16.6. The minimum atomic E-state index is -0.129. The van der Waals surface area contributed by atoms with Gasteiger partial charge in [0.1, 0.15) is 13.2 Å². The molecule has 0 aliphatic carbocycles. The van der Waals surface area contributed by atoms with E-state index in [0.717, 1.165) is 25.7 Å². The molecule has 0 amide bonds. The Hall–Kier alpha value is -1.22. The first kappa shape index (κ1) is 50.8. The van der Waals surface area contributed by atoms with Gasteiger partial charge in [-0.25, -0.2) is 0 Å². The summed E-state index contributed by atoms with van der Waals surface area (Å²) in [7, 11) is 0. The average molecular weight is 743 g/mol. The fraction of sp³-hybridized carbons (Fsp3) is 0.955. The third kappa shape index (κ3) is 44.9. The van der Waals surface area contributed by atoms with Crippen LogP contribution >= 0.6 is 0 Å². The summed E-state index contributed by atoms with van der Waals surface area (Å²) in [6, 6.07) is 0. The lowest BCUT2D eigenvalue weighted by atomic mass is 10.0. The highest BCUT2D eigenvalue weighted by Crippen LogP contribution is 2.15. The predicted molar refractivity (Wildman–Crippen MR) is 215 cm³/mol. The minimum Gasteiger partial charge on any atom is -0.463 e. The van der Waals surface area contributed by atoms with Crippen LogP contribution in [0.3, 0.4) is 0 Å². The number of unbranched alkanes of at least 4 members (excludes halogenated alkanes) is 26. The predicted octanol–water partition coefficient (Wildman–Crippen LogP) is 11.9. The number of rotatable bonds is 45. The molecule has 0 unspecified atom stereocenters. The number of esters is 2. The van der Waals surface area contributed by atoms with Crippen molar-refractivity contribution in [1.82, 2.24) is 0 Å². The molecule has 8 heteroatoms. The van der Waals surface area contributed by atoms with E-state index in [1.807, 2.05) is 0 Å². The van der Waals surface area contributed by atoms with Gasteiger partial charge in [-0.15, -0.1) is 0 Å². The molecule has 0 spiro atoms. The molecule has 0 aliphatic heterocycles. The van der Waals surface area contributed by atoms with Gasteiger partial charge in [-0.3, -0.25) is 9.59 Å². The smallest absolute Gasteiger partial charge is 0.305 e. The van der Waals surface area contributed by atoms with Gasteiger partial charge in [0.25, 0.3) is 0 Å². The van der Waals surface area contributed by atoms with Crippen LogP contribution in [0.15, 0.2) is 0 Å². The fourth-order valence-corrected chi connectivity index (χ4v) is 6.26. The van der Waals surface area contributed by atoms with Crippen LogP contribution in [0.2, 0.25) is 0 Å². The van der Waals surface area contributed by atoms with E-state index in [1.165, 1.54) is 154 Å². The van der Waals surface area contributed by atoms with E-state index in [9.17, 15) is 9.59 Å². The van der Waals surface area contributed by atoms with Crippen molar-refractivity contribution in [2.45, 2.75) is 206 Å². The van der Waals surface area contributed by atoms with Crippen LogP contribution in [-0.2, 0) is 38.0 Å². The van der Waals surface area contributed by atoms with Gasteiger partial charge in [0.05, 0.1) is 52.9 Å². The summed E-state index contributed by atoms with van der Waals surface area (Å²) in [5.74, 6) is -0.257. The van der Waals surface area contributed by atoms with Crippen molar-refractivity contribution in [3.8, 4) is 0 Å². The zero-order valence-corrected chi connectivity index (χ0v) is 34.6. The highest BCUT2D eigenvalue weighted by Gasteiger charge is 2.04. The summed E-state index contributed by atoms with van der Waals surface area (Å²) in [5, 5.41) is 0. The van der Waals surface area contributed by atoms with E-state index in [2.05, 4.69) is 13.8 Å². The van der Waals surface area contributed by atoms with Crippen LogP contribution in [0, 0.1) is 0 Å². The molecule has 8 nitrogen and oxygen atoms in total. The van der Waals surface area contributed by atoms with Crippen LogP contribution in [0.25, 0.3) is 0 Å².